The van der Waals surface area contributed by atoms with E-state index in [0.29, 0.717) is 11.2 Å². The second kappa shape index (κ2) is 8.14. The van der Waals surface area contributed by atoms with E-state index in [4.69, 9.17) is 23.8 Å². The maximum atomic E-state index is 6.32. The van der Waals surface area contributed by atoms with Gasteiger partial charge < -0.3 is 15.5 Å². The molecule has 5 heteroatoms. The van der Waals surface area contributed by atoms with Gasteiger partial charge in [0, 0.05) is 19.1 Å². The van der Waals surface area contributed by atoms with Crippen LogP contribution in [-0.4, -0.2) is 35.7 Å². The first-order valence-electron chi connectivity index (χ1n) is 8.06. The fourth-order valence-corrected chi connectivity index (χ4v) is 3.66. The van der Waals surface area contributed by atoms with Crippen LogP contribution in [0, 0.1) is 13.8 Å². The quantitative estimate of drug-likeness (QED) is 0.807. The molecule has 1 fully saturated rings. The van der Waals surface area contributed by atoms with E-state index in [2.05, 4.69) is 28.5 Å². The molecule has 0 aromatic heterocycles. The fourth-order valence-electron chi connectivity index (χ4n) is 3.03. The van der Waals surface area contributed by atoms with Gasteiger partial charge in [0.15, 0.2) is 5.11 Å². The minimum atomic E-state index is 0.456. The average molecular weight is 340 g/mol. The molecular formula is C17H26ClN3S. The summed E-state index contributed by atoms with van der Waals surface area (Å²) >= 11 is 11.8. The van der Waals surface area contributed by atoms with E-state index >= 15 is 0 Å². The zero-order valence-electron chi connectivity index (χ0n) is 13.7. The summed E-state index contributed by atoms with van der Waals surface area (Å²) in [7, 11) is 0. The third-order valence-electron chi connectivity index (χ3n) is 4.13. The lowest BCUT2D eigenvalue weighted by Gasteiger charge is -2.32. The number of likely N-dealkylation sites (tertiary alicyclic amines) is 1. The number of thiocarbonyl (C=S) groups is 1. The van der Waals surface area contributed by atoms with Gasteiger partial charge in [-0.25, -0.2) is 0 Å². The zero-order chi connectivity index (χ0) is 16.1. The molecule has 0 amide bonds. The van der Waals surface area contributed by atoms with E-state index in [9.17, 15) is 0 Å². The molecule has 1 aromatic carbocycles. The molecule has 2 N–H and O–H groups in total. The summed E-state index contributed by atoms with van der Waals surface area (Å²) in [5.41, 5.74) is 3.19. The van der Waals surface area contributed by atoms with Crippen LogP contribution < -0.4 is 10.6 Å². The van der Waals surface area contributed by atoms with Gasteiger partial charge in [-0.2, -0.15) is 0 Å². The van der Waals surface area contributed by atoms with E-state index < -0.39 is 0 Å². The Morgan fingerprint density at radius 1 is 1.32 bits per heavy atom. The molecule has 0 bridgehead atoms. The van der Waals surface area contributed by atoms with Gasteiger partial charge in [-0.1, -0.05) is 24.6 Å². The molecule has 0 atom stereocenters. The number of piperidine rings is 1. The van der Waals surface area contributed by atoms with Crippen molar-refractivity contribution in [3.05, 3.63) is 28.3 Å². The van der Waals surface area contributed by atoms with Crippen LogP contribution in [0.2, 0.25) is 5.02 Å². The van der Waals surface area contributed by atoms with Gasteiger partial charge in [0.2, 0.25) is 0 Å². The predicted molar refractivity (Wildman–Crippen MR) is 100 cm³/mol. The Labute approximate surface area is 144 Å². The molecule has 2 rings (SSSR count). The standard InChI is InChI=1S/C17H26ClN3S/c1-4-7-21-8-5-14(6-9-21)19-17(22)20-16-13(3)10-12(2)11-15(16)18/h10-11,14H,4-9H2,1-3H3,(H2,19,20,22). The minimum absolute atomic E-state index is 0.456. The Morgan fingerprint density at radius 3 is 2.59 bits per heavy atom. The van der Waals surface area contributed by atoms with Crippen molar-refractivity contribution in [3.63, 3.8) is 0 Å². The number of nitrogens with one attached hydrogen (secondary N) is 2. The normalized spacial score (nSPS) is 16.5. The predicted octanol–water partition coefficient (Wildman–Crippen LogP) is 4.12. The van der Waals surface area contributed by atoms with Crippen LogP contribution in [0.5, 0.6) is 0 Å². The van der Waals surface area contributed by atoms with Crippen LogP contribution in [0.1, 0.15) is 37.3 Å². The molecule has 0 saturated carbocycles. The number of halogens is 1. The van der Waals surface area contributed by atoms with Crippen LogP contribution in [0.4, 0.5) is 5.69 Å². The van der Waals surface area contributed by atoms with Crippen molar-refractivity contribution in [1.29, 1.82) is 0 Å². The van der Waals surface area contributed by atoms with Crippen molar-refractivity contribution < 1.29 is 0 Å². The molecular weight excluding hydrogens is 314 g/mol. The molecule has 1 aliphatic rings. The summed E-state index contributed by atoms with van der Waals surface area (Å²) < 4.78 is 0. The maximum Gasteiger partial charge on any atom is 0.171 e. The molecule has 3 nitrogen and oxygen atoms in total. The Kier molecular flexibility index (Phi) is 6.48. The molecule has 1 heterocycles. The molecule has 0 aliphatic carbocycles. The van der Waals surface area contributed by atoms with Crippen molar-refractivity contribution in [1.82, 2.24) is 10.2 Å². The molecule has 122 valence electrons. The summed E-state index contributed by atoms with van der Waals surface area (Å²) in [6, 6.07) is 4.53. The minimum Gasteiger partial charge on any atom is -0.360 e. The van der Waals surface area contributed by atoms with Gasteiger partial charge in [-0.3, -0.25) is 0 Å². The van der Waals surface area contributed by atoms with E-state index in [1.165, 1.54) is 13.0 Å². The zero-order valence-corrected chi connectivity index (χ0v) is 15.3. The van der Waals surface area contributed by atoms with Gasteiger partial charge in [0.25, 0.3) is 0 Å². The van der Waals surface area contributed by atoms with Crippen LogP contribution in [0.15, 0.2) is 12.1 Å². The molecule has 0 unspecified atom stereocenters. The highest BCUT2D eigenvalue weighted by Gasteiger charge is 2.19. The topological polar surface area (TPSA) is 27.3 Å². The Hall–Kier alpha value is -0.840. The van der Waals surface area contributed by atoms with Crippen LogP contribution in [-0.2, 0) is 0 Å². The summed E-state index contributed by atoms with van der Waals surface area (Å²) in [6.07, 6.45) is 3.51. The molecule has 1 aliphatic heterocycles. The van der Waals surface area contributed by atoms with Crippen LogP contribution in [0.25, 0.3) is 0 Å². The van der Waals surface area contributed by atoms with Gasteiger partial charge in [0.1, 0.15) is 0 Å². The van der Waals surface area contributed by atoms with E-state index in [1.54, 1.807) is 0 Å². The van der Waals surface area contributed by atoms with Gasteiger partial charge in [0.05, 0.1) is 10.7 Å². The largest absolute Gasteiger partial charge is 0.360 e. The summed E-state index contributed by atoms with van der Waals surface area (Å²) in [6.45, 7) is 9.83. The third kappa shape index (κ3) is 4.83. The Balaban J connectivity index is 1.87. The van der Waals surface area contributed by atoms with Crippen LogP contribution in [0.3, 0.4) is 0 Å². The van der Waals surface area contributed by atoms with Crippen LogP contribution >= 0.6 is 23.8 Å². The third-order valence-corrected chi connectivity index (χ3v) is 4.65. The van der Waals surface area contributed by atoms with Gasteiger partial charge in [-0.15, -0.1) is 0 Å². The number of nitrogens with zero attached hydrogens (tertiary/aromatic N) is 1. The highest BCUT2D eigenvalue weighted by Crippen LogP contribution is 2.27. The molecule has 1 saturated heterocycles. The monoisotopic (exact) mass is 339 g/mol. The molecule has 0 spiro atoms. The van der Waals surface area contributed by atoms with Gasteiger partial charge in [-0.05, 0) is 69.1 Å². The van der Waals surface area contributed by atoms with Crippen molar-refractivity contribution in [2.45, 2.75) is 46.1 Å². The lowest BCUT2D eigenvalue weighted by atomic mass is 10.1. The second-order valence-corrected chi connectivity index (χ2v) is 6.97. The van der Waals surface area contributed by atoms with E-state index in [0.717, 1.165) is 47.8 Å². The smallest absolute Gasteiger partial charge is 0.171 e. The average Bonchev–Trinajstić information content (AvgIpc) is 2.45. The molecule has 1 aromatic rings. The highest BCUT2D eigenvalue weighted by atomic mass is 35.5. The number of rotatable bonds is 4. The van der Waals surface area contributed by atoms with E-state index in [1.807, 2.05) is 19.9 Å². The van der Waals surface area contributed by atoms with Crippen molar-refractivity contribution in [3.8, 4) is 0 Å². The van der Waals surface area contributed by atoms with Crippen molar-refractivity contribution in [2.24, 2.45) is 0 Å². The van der Waals surface area contributed by atoms with Gasteiger partial charge >= 0.3 is 0 Å². The first-order chi connectivity index (χ1) is 10.5. The first kappa shape index (κ1) is 17.5. The molecule has 0 radical (unpaired) electrons. The first-order valence-corrected chi connectivity index (χ1v) is 8.84. The number of benzene rings is 1. The maximum absolute atomic E-state index is 6.32. The Morgan fingerprint density at radius 2 is 2.00 bits per heavy atom. The summed E-state index contributed by atoms with van der Waals surface area (Å²) in [4.78, 5) is 2.52. The SMILES string of the molecule is CCCN1CCC(NC(=S)Nc2c(C)cc(C)cc2Cl)CC1. The fraction of sp³-hybridized carbons (Fsp3) is 0.588. The van der Waals surface area contributed by atoms with Crippen molar-refractivity contribution in [2.75, 3.05) is 25.0 Å². The summed E-state index contributed by atoms with van der Waals surface area (Å²) in [5.74, 6) is 0. The lowest BCUT2D eigenvalue weighted by Crippen LogP contribution is -2.46. The number of hydrogen-bond acceptors (Lipinski definition) is 2. The highest BCUT2D eigenvalue weighted by molar-refractivity contribution is 7.80. The molecule has 22 heavy (non-hydrogen) atoms. The Bertz CT molecular complexity index is 502. The summed E-state index contributed by atoms with van der Waals surface area (Å²) in [5, 5.41) is 8.09. The van der Waals surface area contributed by atoms with Crippen molar-refractivity contribution >= 4 is 34.6 Å². The lowest BCUT2D eigenvalue weighted by molar-refractivity contribution is 0.207. The second-order valence-electron chi connectivity index (χ2n) is 6.15. The van der Waals surface area contributed by atoms with E-state index in [-0.39, 0.29) is 0 Å². The number of aryl methyl sites for hydroxylation is 2. The number of hydrogen-bond donors (Lipinski definition) is 2. The number of anilines is 1.